The van der Waals surface area contributed by atoms with Gasteiger partial charge in [-0.3, -0.25) is 0 Å². The first-order valence-corrected chi connectivity index (χ1v) is 4.19. The van der Waals surface area contributed by atoms with Crippen LogP contribution in [-0.4, -0.2) is 0 Å². The van der Waals surface area contributed by atoms with Crippen LogP contribution in [0.3, 0.4) is 0 Å². The molecular formula is C11H15N. The summed E-state index contributed by atoms with van der Waals surface area (Å²) in [6, 6.07) is 5.84. The summed E-state index contributed by atoms with van der Waals surface area (Å²) in [4.78, 5) is 3.36. The number of rotatable bonds is 0. The SMILES string of the molecule is CC.[C-]#[N+]c1ccc(C)cc1C. The average molecular weight is 161 g/mol. The summed E-state index contributed by atoms with van der Waals surface area (Å²) in [6.45, 7) is 14.8. The Morgan fingerprint density at radius 1 is 1.17 bits per heavy atom. The van der Waals surface area contributed by atoms with E-state index in [1.165, 1.54) is 5.56 Å². The smallest absolute Gasteiger partial charge is 0.190 e. The molecule has 64 valence electrons. The minimum absolute atomic E-state index is 0.755. The van der Waals surface area contributed by atoms with Gasteiger partial charge < -0.3 is 0 Å². The number of hydrogen-bond acceptors (Lipinski definition) is 0. The molecule has 0 aliphatic heterocycles. The molecule has 0 unspecified atom stereocenters. The van der Waals surface area contributed by atoms with Crippen LogP contribution in [0.15, 0.2) is 18.2 Å². The third kappa shape index (κ3) is 2.75. The summed E-state index contributed by atoms with van der Waals surface area (Å²) in [6.07, 6.45) is 0. The van der Waals surface area contributed by atoms with Crippen LogP contribution < -0.4 is 0 Å². The Morgan fingerprint density at radius 2 is 1.75 bits per heavy atom. The molecule has 0 saturated carbocycles. The van der Waals surface area contributed by atoms with E-state index in [4.69, 9.17) is 6.57 Å². The molecule has 0 fully saturated rings. The molecular weight excluding hydrogens is 146 g/mol. The van der Waals surface area contributed by atoms with E-state index in [1.54, 1.807) is 0 Å². The Labute approximate surface area is 74.9 Å². The second-order valence-electron chi connectivity index (χ2n) is 2.40. The maximum atomic E-state index is 6.78. The lowest BCUT2D eigenvalue weighted by molar-refractivity contribution is 1.40. The highest BCUT2D eigenvalue weighted by Crippen LogP contribution is 2.18. The molecule has 0 bridgehead atoms. The zero-order valence-corrected chi connectivity index (χ0v) is 8.18. The minimum atomic E-state index is 0.755. The molecule has 0 spiro atoms. The van der Waals surface area contributed by atoms with Gasteiger partial charge in [-0.2, -0.15) is 0 Å². The van der Waals surface area contributed by atoms with Crippen LogP contribution in [0.5, 0.6) is 0 Å². The quantitative estimate of drug-likeness (QED) is 0.508. The van der Waals surface area contributed by atoms with Crippen LogP contribution in [0.25, 0.3) is 4.85 Å². The van der Waals surface area contributed by atoms with Crippen LogP contribution in [0.4, 0.5) is 5.69 Å². The van der Waals surface area contributed by atoms with Gasteiger partial charge in [0.25, 0.3) is 0 Å². The van der Waals surface area contributed by atoms with Gasteiger partial charge in [0.05, 0.1) is 6.57 Å². The van der Waals surface area contributed by atoms with Gasteiger partial charge in [-0.1, -0.05) is 37.6 Å². The lowest BCUT2D eigenvalue weighted by Gasteiger charge is -1.96. The first kappa shape index (κ1) is 10.7. The van der Waals surface area contributed by atoms with Crippen molar-refractivity contribution in [3.63, 3.8) is 0 Å². The van der Waals surface area contributed by atoms with Gasteiger partial charge in [0.15, 0.2) is 5.69 Å². The summed E-state index contributed by atoms with van der Waals surface area (Å²) >= 11 is 0. The Morgan fingerprint density at radius 3 is 2.17 bits per heavy atom. The molecule has 1 aromatic carbocycles. The van der Waals surface area contributed by atoms with Gasteiger partial charge >= 0.3 is 0 Å². The lowest BCUT2D eigenvalue weighted by Crippen LogP contribution is -1.74. The molecule has 1 nitrogen and oxygen atoms in total. The Balaban J connectivity index is 0.000000561. The van der Waals surface area contributed by atoms with Crippen molar-refractivity contribution in [2.45, 2.75) is 27.7 Å². The molecule has 0 saturated heterocycles. The largest absolute Gasteiger partial charge is 0.238 e. The number of hydrogen-bond donors (Lipinski definition) is 0. The fourth-order valence-corrected chi connectivity index (χ4v) is 0.931. The molecule has 0 aliphatic carbocycles. The van der Waals surface area contributed by atoms with E-state index in [0.29, 0.717) is 0 Å². The first-order valence-electron chi connectivity index (χ1n) is 4.19. The molecule has 1 aromatic rings. The van der Waals surface area contributed by atoms with Gasteiger partial charge in [-0.05, 0) is 19.4 Å². The van der Waals surface area contributed by atoms with Crippen LogP contribution in [0.2, 0.25) is 0 Å². The van der Waals surface area contributed by atoms with Gasteiger partial charge in [-0.25, -0.2) is 4.85 Å². The van der Waals surface area contributed by atoms with Gasteiger partial charge in [0, 0.05) is 0 Å². The van der Waals surface area contributed by atoms with E-state index < -0.39 is 0 Å². The Hall–Kier alpha value is -1.29. The predicted molar refractivity (Wildman–Crippen MR) is 53.5 cm³/mol. The van der Waals surface area contributed by atoms with Gasteiger partial charge in [0.2, 0.25) is 0 Å². The summed E-state index contributed by atoms with van der Waals surface area (Å²) in [5.41, 5.74) is 3.03. The number of benzene rings is 1. The second-order valence-corrected chi connectivity index (χ2v) is 2.40. The van der Waals surface area contributed by atoms with Crippen LogP contribution >= 0.6 is 0 Å². The number of nitrogens with zero attached hydrogens (tertiary/aromatic N) is 1. The van der Waals surface area contributed by atoms with Gasteiger partial charge in [-0.15, -0.1) is 0 Å². The van der Waals surface area contributed by atoms with Crippen molar-refractivity contribution in [2.75, 3.05) is 0 Å². The monoisotopic (exact) mass is 161 g/mol. The van der Waals surface area contributed by atoms with Crippen LogP contribution in [0.1, 0.15) is 25.0 Å². The minimum Gasteiger partial charge on any atom is -0.238 e. The summed E-state index contributed by atoms with van der Waals surface area (Å²) in [5.74, 6) is 0. The average Bonchev–Trinajstić information content (AvgIpc) is 2.08. The standard InChI is InChI=1S/C9H9N.C2H6/c1-7-4-5-9(10-3)8(2)6-7;1-2/h4-6H,1-2H3;1-2H3. The predicted octanol–water partition coefficient (Wildman–Crippen LogP) is 3.88. The number of aryl methyl sites for hydroxylation is 2. The van der Waals surface area contributed by atoms with Crippen LogP contribution in [-0.2, 0) is 0 Å². The molecule has 0 amide bonds. The highest BCUT2D eigenvalue weighted by Gasteiger charge is 1.94. The summed E-state index contributed by atoms with van der Waals surface area (Å²) in [7, 11) is 0. The van der Waals surface area contributed by atoms with Gasteiger partial charge in [0.1, 0.15) is 0 Å². The fourth-order valence-electron chi connectivity index (χ4n) is 0.931. The molecule has 0 aliphatic rings. The molecule has 0 heterocycles. The Bertz CT molecular complexity index is 282. The molecule has 12 heavy (non-hydrogen) atoms. The molecule has 0 radical (unpaired) electrons. The van der Waals surface area contributed by atoms with E-state index in [-0.39, 0.29) is 0 Å². The van der Waals surface area contributed by atoms with Crippen LogP contribution in [0, 0.1) is 20.4 Å². The maximum absolute atomic E-state index is 6.78. The van der Waals surface area contributed by atoms with Crippen molar-refractivity contribution in [1.82, 2.24) is 0 Å². The van der Waals surface area contributed by atoms with Crippen molar-refractivity contribution in [3.8, 4) is 0 Å². The van der Waals surface area contributed by atoms with Crippen molar-refractivity contribution >= 4 is 5.69 Å². The zero-order chi connectivity index (χ0) is 9.56. The Kier molecular flexibility index (Phi) is 4.79. The van der Waals surface area contributed by atoms with E-state index in [0.717, 1.165) is 11.3 Å². The van der Waals surface area contributed by atoms with Crippen molar-refractivity contribution in [2.24, 2.45) is 0 Å². The third-order valence-corrected chi connectivity index (χ3v) is 1.47. The van der Waals surface area contributed by atoms with E-state index in [2.05, 4.69) is 4.85 Å². The summed E-state index contributed by atoms with van der Waals surface area (Å²) < 4.78 is 0. The van der Waals surface area contributed by atoms with E-state index in [9.17, 15) is 0 Å². The molecule has 0 N–H and O–H groups in total. The normalized spacial score (nSPS) is 7.92. The summed E-state index contributed by atoms with van der Waals surface area (Å²) in [5, 5.41) is 0. The highest BCUT2D eigenvalue weighted by atomic mass is 14.6. The molecule has 0 atom stereocenters. The van der Waals surface area contributed by atoms with Crippen molar-refractivity contribution in [1.29, 1.82) is 0 Å². The zero-order valence-electron chi connectivity index (χ0n) is 8.18. The van der Waals surface area contributed by atoms with E-state index >= 15 is 0 Å². The fraction of sp³-hybridized carbons (Fsp3) is 0.364. The van der Waals surface area contributed by atoms with E-state index in [1.807, 2.05) is 45.9 Å². The van der Waals surface area contributed by atoms with Crippen molar-refractivity contribution in [3.05, 3.63) is 40.7 Å². The topological polar surface area (TPSA) is 4.36 Å². The lowest BCUT2D eigenvalue weighted by atomic mass is 10.1. The molecule has 0 aromatic heterocycles. The highest BCUT2D eigenvalue weighted by molar-refractivity contribution is 5.52. The second kappa shape index (κ2) is 5.37. The first-order chi connectivity index (χ1) is 5.74. The maximum Gasteiger partial charge on any atom is 0.190 e. The molecule has 1 heteroatoms. The molecule has 1 rings (SSSR count). The third-order valence-electron chi connectivity index (χ3n) is 1.47. The van der Waals surface area contributed by atoms with Crippen molar-refractivity contribution < 1.29 is 0 Å².